The first-order valence-electron chi connectivity index (χ1n) is 9.51. The molecule has 0 aromatic carbocycles. The van der Waals surface area contributed by atoms with E-state index in [9.17, 15) is 9.59 Å². The van der Waals surface area contributed by atoms with E-state index in [0.717, 1.165) is 5.69 Å². The maximum absolute atomic E-state index is 13.2. The predicted molar refractivity (Wildman–Crippen MR) is 100 cm³/mol. The molecule has 6 heteroatoms. The van der Waals surface area contributed by atoms with Crippen LogP contribution in [0.1, 0.15) is 26.5 Å². The highest BCUT2D eigenvalue weighted by Crippen LogP contribution is 2.52. The first-order chi connectivity index (χ1) is 12.7. The van der Waals surface area contributed by atoms with Crippen molar-refractivity contribution >= 4 is 11.8 Å². The second-order valence-electron chi connectivity index (χ2n) is 9.17. The summed E-state index contributed by atoms with van der Waals surface area (Å²) >= 11 is 0. The molecule has 4 heterocycles. The van der Waals surface area contributed by atoms with Gasteiger partial charge in [-0.25, -0.2) is 0 Å². The van der Waals surface area contributed by atoms with Gasteiger partial charge < -0.3 is 14.5 Å². The first-order valence-corrected chi connectivity index (χ1v) is 9.51. The van der Waals surface area contributed by atoms with Crippen LogP contribution in [-0.2, 0) is 20.9 Å². The fourth-order valence-electron chi connectivity index (χ4n) is 4.63. The van der Waals surface area contributed by atoms with Crippen molar-refractivity contribution in [2.24, 2.45) is 17.3 Å². The molecule has 0 aliphatic carbocycles. The number of fused-ring (bicyclic) bond motifs is 1. The Hall–Kier alpha value is -2.21. The number of aromatic nitrogens is 1. The quantitative estimate of drug-likeness (QED) is 0.760. The third-order valence-corrected chi connectivity index (χ3v) is 5.63. The molecular weight excluding hydrogens is 342 g/mol. The molecule has 2 fully saturated rings. The minimum Gasteiger partial charge on any atom is -0.360 e. The highest BCUT2D eigenvalue weighted by molar-refractivity contribution is 5.93. The maximum Gasteiger partial charge on any atom is 0.230 e. The van der Waals surface area contributed by atoms with E-state index in [-0.39, 0.29) is 23.3 Å². The Bertz CT molecular complexity index is 786. The number of carbonyl (C=O) groups excluding carboxylic acids is 2. The van der Waals surface area contributed by atoms with Crippen LogP contribution in [0.25, 0.3) is 0 Å². The molecule has 2 bridgehead atoms. The van der Waals surface area contributed by atoms with Crippen molar-refractivity contribution in [2.45, 2.75) is 39.0 Å². The van der Waals surface area contributed by atoms with Crippen molar-refractivity contribution in [1.82, 2.24) is 14.8 Å². The van der Waals surface area contributed by atoms with Crippen LogP contribution in [0.5, 0.6) is 0 Å². The number of ether oxygens (including phenoxy) is 1. The second-order valence-corrected chi connectivity index (χ2v) is 9.17. The van der Waals surface area contributed by atoms with Crippen molar-refractivity contribution in [3.63, 3.8) is 0 Å². The van der Waals surface area contributed by atoms with E-state index in [1.165, 1.54) is 0 Å². The van der Waals surface area contributed by atoms with E-state index < -0.39 is 17.4 Å². The molecule has 2 amide bonds. The summed E-state index contributed by atoms with van der Waals surface area (Å²) in [6, 6.07) is 5.66. The number of carbonyl (C=O) groups is 2. The topological polar surface area (TPSA) is 62.7 Å². The smallest absolute Gasteiger partial charge is 0.230 e. The highest BCUT2D eigenvalue weighted by Gasteiger charge is 2.67. The summed E-state index contributed by atoms with van der Waals surface area (Å²) in [6.45, 7) is 7.97. The number of hydrogen-bond acceptors (Lipinski definition) is 4. The van der Waals surface area contributed by atoms with Crippen molar-refractivity contribution in [2.75, 3.05) is 20.1 Å². The minimum atomic E-state index is -0.640. The Balaban J connectivity index is 1.55. The van der Waals surface area contributed by atoms with Gasteiger partial charge in [-0.3, -0.25) is 14.6 Å². The van der Waals surface area contributed by atoms with E-state index in [2.05, 4.69) is 25.8 Å². The van der Waals surface area contributed by atoms with Gasteiger partial charge in [0.1, 0.15) is 5.60 Å². The van der Waals surface area contributed by atoms with E-state index >= 15 is 0 Å². The normalized spacial score (nSPS) is 31.5. The van der Waals surface area contributed by atoms with E-state index in [0.29, 0.717) is 19.6 Å². The Morgan fingerprint density at radius 2 is 2.19 bits per heavy atom. The van der Waals surface area contributed by atoms with Gasteiger partial charge in [0.2, 0.25) is 11.8 Å². The summed E-state index contributed by atoms with van der Waals surface area (Å²) in [5, 5.41) is 0. The highest BCUT2D eigenvalue weighted by atomic mass is 16.5. The lowest BCUT2D eigenvalue weighted by molar-refractivity contribution is -0.143. The molecule has 0 unspecified atom stereocenters. The van der Waals surface area contributed by atoms with Crippen LogP contribution in [0, 0.1) is 17.3 Å². The van der Waals surface area contributed by atoms with Crippen molar-refractivity contribution < 1.29 is 14.3 Å². The Labute approximate surface area is 160 Å². The molecule has 6 nitrogen and oxygen atoms in total. The van der Waals surface area contributed by atoms with Crippen LogP contribution >= 0.6 is 0 Å². The molecule has 1 spiro atoms. The molecule has 1 aromatic heterocycles. The lowest BCUT2D eigenvalue weighted by atomic mass is 9.76. The Morgan fingerprint density at radius 3 is 2.85 bits per heavy atom. The van der Waals surface area contributed by atoms with Gasteiger partial charge in [-0.1, -0.05) is 39.0 Å². The van der Waals surface area contributed by atoms with Crippen molar-refractivity contribution in [3.05, 3.63) is 42.2 Å². The van der Waals surface area contributed by atoms with Gasteiger partial charge in [0, 0.05) is 19.8 Å². The van der Waals surface area contributed by atoms with E-state index in [1.54, 1.807) is 18.1 Å². The van der Waals surface area contributed by atoms with Gasteiger partial charge >= 0.3 is 0 Å². The average Bonchev–Trinajstić information content (AvgIpc) is 3.22. The maximum atomic E-state index is 13.2. The van der Waals surface area contributed by atoms with Crippen LogP contribution < -0.4 is 0 Å². The average molecular weight is 369 g/mol. The molecule has 0 radical (unpaired) electrons. The standard InChI is InChI=1S/C21H27N3O3/c1-20(2,3)12-24-13-21-9-8-15(27-21)16(17(21)19(24)26)18(25)23(4)11-14-7-5-6-10-22-14/h5-10,15-17H,11-13H2,1-4H3/t15-,16+,17+,21-/m0/s1. The summed E-state index contributed by atoms with van der Waals surface area (Å²) in [5.41, 5.74) is 0.191. The molecule has 27 heavy (non-hydrogen) atoms. The Morgan fingerprint density at radius 1 is 1.41 bits per heavy atom. The molecule has 0 saturated carbocycles. The van der Waals surface area contributed by atoms with Crippen molar-refractivity contribution in [1.29, 1.82) is 0 Å². The molecule has 2 saturated heterocycles. The third kappa shape index (κ3) is 3.06. The number of rotatable bonds is 4. The number of amides is 2. The largest absolute Gasteiger partial charge is 0.360 e. The third-order valence-electron chi connectivity index (χ3n) is 5.63. The lowest BCUT2D eigenvalue weighted by Gasteiger charge is -2.29. The van der Waals surface area contributed by atoms with Crippen LogP contribution in [0.2, 0.25) is 0 Å². The van der Waals surface area contributed by atoms with Gasteiger partial charge in [-0.2, -0.15) is 0 Å². The van der Waals surface area contributed by atoms with Crippen LogP contribution in [0.4, 0.5) is 0 Å². The van der Waals surface area contributed by atoms with Gasteiger partial charge in [0.05, 0.1) is 36.7 Å². The second kappa shape index (κ2) is 6.16. The van der Waals surface area contributed by atoms with Crippen LogP contribution in [-0.4, -0.2) is 58.4 Å². The number of nitrogens with zero attached hydrogens (tertiary/aromatic N) is 3. The van der Waals surface area contributed by atoms with E-state index in [4.69, 9.17) is 4.74 Å². The predicted octanol–water partition coefficient (Wildman–Crippen LogP) is 1.87. The van der Waals surface area contributed by atoms with Gasteiger partial charge in [-0.05, 0) is 17.5 Å². The van der Waals surface area contributed by atoms with Crippen LogP contribution in [0.3, 0.4) is 0 Å². The number of hydrogen-bond donors (Lipinski definition) is 0. The monoisotopic (exact) mass is 369 g/mol. The van der Waals surface area contributed by atoms with Crippen molar-refractivity contribution in [3.8, 4) is 0 Å². The van der Waals surface area contributed by atoms with Gasteiger partial charge in [-0.15, -0.1) is 0 Å². The zero-order valence-corrected chi connectivity index (χ0v) is 16.4. The molecule has 3 aliphatic rings. The first kappa shape index (κ1) is 18.2. The molecule has 1 aromatic rings. The zero-order chi connectivity index (χ0) is 19.4. The van der Waals surface area contributed by atoms with E-state index in [1.807, 2.05) is 35.3 Å². The summed E-state index contributed by atoms with van der Waals surface area (Å²) in [6.07, 6.45) is 5.37. The van der Waals surface area contributed by atoms with Gasteiger partial charge in [0.25, 0.3) is 0 Å². The summed E-state index contributed by atoms with van der Waals surface area (Å²) in [4.78, 5) is 34.2. The molecule has 0 N–H and O–H groups in total. The SMILES string of the molecule is CN(Cc1ccccn1)C(=O)[C@@H]1[C@@H]2C=C[C@@]3(CN(CC(C)(C)C)C(=O)[C@@H]13)O2. The summed E-state index contributed by atoms with van der Waals surface area (Å²) in [7, 11) is 1.77. The van der Waals surface area contributed by atoms with Crippen LogP contribution in [0.15, 0.2) is 36.5 Å². The number of likely N-dealkylation sites (tertiary alicyclic amines) is 1. The molecule has 4 rings (SSSR count). The fourth-order valence-corrected chi connectivity index (χ4v) is 4.63. The molecule has 3 aliphatic heterocycles. The Kier molecular flexibility index (Phi) is 4.14. The number of pyridine rings is 1. The fraction of sp³-hybridized carbons (Fsp3) is 0.571. The zero-order valence-electron chi connectivity index (χ0n) is 16.4. The molecule has 4 atom stereocenters. The lowest BCUT2D eigenvalue weighted by Crippen LogP contribution is -2.45. The summed E-state index contributed by atoms with van der Waals surface area (Å²) in [5.74, 6) is -0.885. The molecular formula is C21H27N3O3. The summed E-state index contributed by atoms with van der Waals surface area (Å²) < 4.78 is 6.20. The molecule has 144 valence electrons. The minimum absolute atomic E-state index is 0.00192. The van der Waals surface area contributed by atoms with Gasteiger partial charge in [0.15, 0.2) is 0 Å².